The minimum absolute atomic E-state index is 0.0530. The summed E-state index contributed by atoms with van der Waals surface area (Å²) in [6, 6.07) is 26.5. The second-order valence-corrected chi connectivity index (χ2v) is 10.1. The quantitative estimate of drug-likeness (QED) is 0.291. The molecule has 8 nitrogen and oxygen atoms in total. The lowest BCUT2D eigenvalue weighted by Gasteiger charge is -2.17. The van der Waals surface area contributed by atoms with E-state index in [0.717, 1.165) is 16.7 Å². The van der Waals surface area contributed by atoms with Gasteiger partial charge in [-0.1, -0.05) is 53.7 Å². The van der Waals surface area contributed by atoms with Crippen molar-refractivity contribution in [3.63, 3.8) is 0 Å². The lowest BCUT2D eigenvalue weighted by Crippen LogP contribution is -2.31. The van der Waals surface area contributed by atoms with Crippen LogP contribution in [0.25, 0.3) is 11.1 Å². The molecule has 2 amide bonds. The lowest BCUT2D eigenvalue weighted by molar-refractivity contribution is -0.121. The summed E-state index contributed by atoms with van der Waals surface area (Å²) in [5.74, 6) is 0.242. The Kier molecular flexibility index (Phi) is 7.20. The number of pyridine rings is 1. The first-order chi connectivity index (χ1) is 18.9. The van der Waals surface area contributed by atoms with E-state index < -0.39 is 11.2 Å². The number of carbonyl (C=O) groups is 2. The van der Waals surface area contributed by atoms with Crippen LogP contribution in [0.2, 0.25) is 5.02 Å². The number of nitrogens with zero attached hydrogens (tertiary/aromatic N) is 4. The summed E-state index contributed by atoms with van der Waals surface area (Å²) in [5.41, 5.74) is 7.66. The molecule has 1 aliphatic heterocycles. The zero-order chi connectivity index (χ0) is 27.5. The molecule has 190 valence electrons. The van der Waals surface area contributed by atoms with Crippen molar-refractivity contribution in [3.05, 3.63) is 95.0 Å². The number of thioether (sulfide) groups is 1. The third-order valence-electron chi connectivity index (χ3n) is 5.98. The molecule has 1 aliphatic rings. The molecule has 2 N–H and O–H groups in total. The highest BCUT2D eigenvalue weighted by Gasteiger charge is 2.41. The van der Waals surface area contributed by atoms with Crippen LogP contribution < -0.4 is 15.4 Å². The summed E-state index contributed by atoms with van der Waals surface area (Å²) in [5, 5.41) is 19.7. The Balaban J connectivity index is 1.40. The van der Waals surface area contributed by atoms with Crippen LogP contribution in [0.3, 0.4) is 0 Å². The van der Waals surface area contributed by atoms with Crippen LogP contribution in [0.5, 0.6) is 11.5 Å². The number of nitriles is 2. The number of nitrogen functional groups attached to an aromatic ring is 1. The second kappa shape index (κ2) is 10.9. The number of carbonyl (C=O) groups excluding carboxylic acids is 2. The maximum Gasteiger partial charge on any atom is 0.247 e. The van der Waals surface area contributed by atoms with Gasteiger partial charge in [-0.25, -0.2) is 9.88 Å². The van der Waals surface area contributed by atoms with Crippen LogP contribution in [0.1, 0.15) is 17.5 Å². The fourth-order valence-corrected chi connectivity index (χ4v) is 5.43. The molecular formula is C29H18ClN5O3S. The van der Waals surface area contributed by atoms with Crippen molar-refractivity contribution in [1.82, 2.24) is 4.98 Å². The van der Waals surface area contributed by atoms with E-state index in [4.69, 9.17) is 22.1 Å². The molecule has 3 aromatic carbocycles. The maximum atomic E-state index is 13.3. The summed E-state index contributed by atoms with van der Waals surface area (Å²) >= 11 is 6.90. The molecule has 0 spiro atoms. The Labute approximate surface area is 233 Å². The molecule has 1 saturated heterocycles. The molecule has 2 heterocycles. The van der Waals surface area contributed by atoms with Gasteiger partial charge in [0.1, 0.15) is 40.0 Å². The highest BCUT2D eigenvalue weighted by Crippen LogP contribution is 2.40. The van der Waals surface area contributed by atoms with E-state index in [2.05, 4.69) is 11.1 Å². The Morgan fingerprint density at radius 2 is 1.54 bits per heavy atom. The van der Waals surface area contributed by atoms with E-state index in [1.165, 1.54) is 0 Å². The van der Waals surface area contributed by atoms with Crippen molar-refractivity contribution >= 4 is 46.7 Å². The van der Waals surface area contributed by atoms with Gasteiger partial charge in [-0.05, 0) is 54.1 Å². The van der Waals surface area contributed by atoms with Crippen molar-refractivity contribution in [1.29, 1.82) is 10.5 Å². The number of hydrogen-bond donors (Lipinski definition) is 1. The molecule has 1 aromatic heterocycles. The minimum Gasteiger partial charge on any atom is -0.457 e. The molecule has 39 heavy (non-hydrogen) atoms. The van der Waals surface area contributed by atoms with Crippen molar-refractivity contribution in [2.45, 2.75) is 16.7 Å². The Bertz CT molecular complexity index is 1660. The highest BCUT2D eigenvalue weighted by molar-refractivity contribution is 8.00. The predicted octanol–water partition coefficient (Wildman–Crippen LogP) is 5.94. The van der Waals surface area contributed by atoms with Crippen molar-refractivity contribution in [2.24, 2.45) is 0 Å². The molecule has 1 fully saturated rings. The smallest absolute Gasteiger partial charge is 0.247 e. The Hall–Kier alpha value is -4.83. The Morgan fingerprint density at radius 3 is 2.15 bits per heavy atom. The number of ether oxygens (including phenoxy) is 1. The number of aromatic nitrogens is 1. The fraction of sp³-hybridized carbons (Fsp3) is 0.0690. The molecule has 4 aromatic rings. The molecule has 0 saturated carbocycles. The SMILES string of the molecule is N#Cc1c(N)nc(SC2CC(=O)N(c3ccc(Oc4ccc(Cl)cc4)cc3)C2=O)c(C#N)c1-c1ccccc1. The number of halogens is 1. The number of nitrogens with two attached hydrogens (primary N) is 1. The van der Waals surface area contributed by atoms with Crippen molar-refractivity contribution in [3.8, 4) is 34.8 Å². The van der Waals surface area contributed by atoms with Crippen LogP contribution in [-0.2, 0) is 9.59 Å². The van der Waals surface area contributed by atoms with E-state index in [-0.39, 0.29) is 34.3 Å². The van der Waals surface area contributed by atoms with Gasteiger partial charge in [0.2, 0.25) is 11.8 Å². The predicted molar refractivity (Wildman–Crippen MR) is 148 cm³/mol. The molecular weight excluding hydrogens is 534 g/mol. The summed E-state index contributed by atoms with van der Waals surface area (Å²) < 4.78 is 5.78. The first-order valence-electron chi connectivity index (χ1n) is 11.7. The van der Waals surface area contributed by atoms with Gasteiger partial charge in [0, 0.05) is 17.0 Å². The maximum absolute atomic E-state index is 13.3. The van der Waals surface area contributed by atoms with E-state index in [1.54, 1.807) is 72.8 Å². The standard InChI is InChI=1S/C29H18ClN5O3S/c30-18-6-10-20(11-7-18)38-21-12-8-19(9-13-21)35-25(36)14-24(29(35)37)39-28-23(16-32)26(17-4-2-1-3-5-17)22(15-31)27(33)34-28/h1-13,24H,14H2,(H2,33,34). The van der Waals surface area contributed by atoms with Crippen LogP contribution in [0, 0.1) is 22.7 Å². The minimum atomic E-state index is -0.821. The third-order valence-corrected chi connectivity index (χ3v) is 7.40. The normalized spacial score (nSPS) is 14.6. The average molecular weight is 552 g/mol. The highest BCUT2D eigenvalue weighted by atomic mass is 35.5. The van der Waals surface area contributed by atoms with Gasteiger partial charge in [0.25, 0.3) is 0 Å². The summed E-state index contributed by atoms with van der Waals surface area (Å²) in [6.45, 7) is 0. The van der Waals surface area contributed by atoms with Crippen LogP contribution >= 0.6 is 23.4 Å². The lowest BCUT2D eigenvalue weighted by atomic mass is 9.97. The molecule has 5 rings (SSSR count). The first-order valence-corrected chi connectivity index (χ1v) is 12.9. The molecule has 0 bridgehead atoms. The molecule has 1 unspecified atom stereocenters. The van der Waals surface area contributed by atoms with E-state index in [9.17, 15) is 20.1 Å². The number of imide groups is 1. The number of rotatable bonds is 6. The van der Waals surface area contributed by atoms with E-state index in [0.29, 0.717) is 33.3 Å². The van der Waals surface area contributed by atoms with Gasteiger partial charge in [0.05, 0.1) is 16.5 Å². The van der Waals surface area contributed by atoms with Gasteiger partial charge in [-0.2, -0.15) is 10.5 Å². The van der Waals surface area contributed by atoms with Crippen LogP contribution in [0.4, 0.5) is 11.5 Å². The van der Waals surface area contributed by atoms with Crippen molar-refractivity contribution in [2.75, 3.05) is 10.6 Å². The average Bonchev–Trinajstić information content (AvgIpc) is 3.22. The van der Waals surface area contributed by atoms with Gasteiger partial charge in [-0.15, -0.1) is 0 Å². The molecule has 0 aliphatic carbocycles. The Morgan fingerprint density at radius 1 is 0.923 bits per heavy atom. The van der Waals surface area contributed by atoms with E-state index in [1.807, 2.05) is 12.1 Å². The molecule has 1 atom stereocenters. The van der Waals surface area contributed by atoms with Crippen LogP contribution in [-0.4, -0.2) is 22.0 Å². The van der Waals surface area contributed by atoms with Gasteiger partial charge in [0.15, 0.2) is 0 Å². The van der Waals surface area contributed by atoms with Gasteiger partial charge < -0.3 is 10.5 Å². The first kappa shape index (κ1) is 25.8. The monoisotopic (exact) mass is 551 g/mol. The third kappa shape index (κ3) is 5.14. The molecule has 10 heteroatoms. The topological polar surface area (TPSA) is 133 Å². The van der Waals surface area contributed by atoms with Crippen LogP contribution in [0.15, 0.2) is 83.9 Å². The van der Waals surface area contributed by atoms with Gasteiger partial charge >= 0.3 is 0 Å². The number of anilines is 2. The second-order valence-electron chi connectivity index (χ2n) is 8.44. The van der Waals surface area contributed by atoms with Gasteiger partial charge in [-0.3, -0.25) is 9.59 Å². The summed E-state index contributed by atoms with van der Waals surface area (Å²) in [4.78, 5) is 31.6. The van der Waals surface area contributed by atoms with Crippen molar-refractivity contribution < 1.29 is 14.3 Å². The van der Waals surface area contributed by atoms with E-state index >= 15 is 0 Å². The molecule has 0 radical (unpaired) electrons. The number of amides is 2. The fourth-order valence-electron chi connectivity index (χ4n) is 4.18. The summed E-state index contributed by atoms with van der Waals surface area (Å²) in [6.07, 6.45) is -0.0837. The summed E-state index contributed by atoms with van der Waals surface area (Å²) in [7, 11) is 0. The number of hydrogen-bond acceptors (Lipinski definition) is 8. The number of benzene rings is 3. The zero-order valence-corrected chi connectivity index (χ0v) is 21.7. The largest absolute Gasteiger partial charge is 0.457 e. The zero-order valence-electron chi connectivity index (χ0n) is 20.2.